The number of rotatable bonds is 2. The van der Waals surface area contributed by atoms with Crippen LogP contribution in [-0.2, 0) is 0 Å². The highest BCUT2D eigenvalue weighted by Gasteiger charge is 2.15. The van der Waals surface area contributed by atoms with Gasteiger partial charge >= 0.3 is 5.63 Å². The molecule has 1 aromatic heterocycles. The van der Waals surface area contributed by atoms with Crippen LogP contribution in [0.1, 0.15) is 5.56 Å². The van der Waals surface area contributed by atoms with Gasteiger partial charge in [-0.3, -0.25) is 0 Å². The Labute approximate surface area is 126 Å². The van der Waals surface area contributed by atoms with Crippen molar-refractivity contribution in [1.82, 2.24) is 0 Å². The zero-order valence-corrected chi connectivity index (χ0v) is 12.1. The summed E-state index contributed by atoms with van der Waals surface area (Å²) in [6.45, 7) is 1.80. The topological polar surface area (TPSA) is 79.9 Å². The summed E-state index contributed by atoms with van der Waals surface area (Å²) in [5.74, 6) is 0.342. The summed E-state index contributed by atoms with van der Waals surface area (Å²) in [6.07, 6.45) is 0. The molecule has 0 radical (unpaired) electrons. The summed E-state index contributed by atoms with van der Waals surface area (Å²) in [4.78, 5) is 12.3. The van der Waals surface area contributed by atoms with Crippen molar-refractivity contribution in [2.75, 3.05) is 7.11 Å². The average molecular weight is 298 g/mol. The van der Waals surface area contributed by atoms with Crippen molar-refractivity contribution in [3.8, 4) is 28.4 Å². The highest BCUT2D eigenvalue weighted by atomic mass is 16.5. The number of ether oxygens (including phenoxy) is 1. The van der Waals surface area contributed by atoms with Crippen molar-refractivity contribution in [2.45, 2.75) is 6.92 Å². The van der Waals surface area contributed by atoms with Crippen LogP contribution in [0, 0.1) is 6.92 Å². The minimum atomic E-state index is -0.500. The molecule has 112 valence electrons. The van der Waals surface area contributed by atoms with Crippen molar-refractivity contribution in [3.63, 3.8) is 0 Å². The maximum absolute atomic E-state index is 12.3. The third-order valence-corrected chi connectivity index (χ3v) is 3.62. The molecule has 0 saturated heterocycles. The third kappa shape index (κ3) is 2.16. The van der Waals surface area contributed by atoms with Gasteiger partial charge in [0.1, 0.15) is 11.3 Å². The van der Waals surface area contributed by atoms with E-state index in [0.717, 1.165) is 5.56 Å². The number of hydrogen-bond donors (Lipinski definition) is 2. The standard InChI is InChI=1S/C17H14O5/c1-9-12-7-15(21-2)13(19)8-14(12)22-17(20)16(9)10-3-5-11(18)6-4-10/h3-8,18-19H,1-2H3. The van der Waals surface area contributed by atoms with Gasteiger partial charge in [0.25, 0.3) is 0 Å². The minimum Gasteiger partial charge on any atom is -0.508 e. The molecule has 0 fully saturated rings. The van der Waals surface area contributed by atoms with Crippen molar-refractivity contribution >= 4 is 11.0 Å². The second-order valence-electron chi connectivity index (χ2n) is 4.96. The van der Waals surface area contributed by atoms with E-state index >= 15 is 0 Å². The SMILES string of the molecule is COc1cc2c(C)c(-c3ccc(O)cc3)c(=O)oc2cc1O. The Bertz CT molecular complexity index is 907. The number of aryl methyl sites for hydroxylation is 1. The molecule has 0 amide bonds. The predicted molar refractivity (Wildman–Crippen MR) is 82.5 cm³/mol. The van der Waals surface area contributed by atoms with Gasteiger partial charge in [-0.15, -0.1) is 0 Å². The summed E-state index contributed by atoms with van der Waals surface area (Å²) in [5.41, 5.74) is 1.58. The number of aromatic hydroxyl groups is 2. The monoisotopic (exact) mass is 298 g/mol. The molecule has 0 saturated carbocycles. The summed E-state index contributed by atoms with van der Waals surface area (Å²) >= 11 is 0. The normalized spacial score (nSPS) is 10.8. The van der Waals surface area contributed by atoms with Crippen LogP contribution in [0.25, 0.3) is 22.1 Å². The minimum absolute atomic E-state index is 0.0880. The van der Waals surface area contributed by atoms with E-state index in [-0.39, 0.29) is 11.5 Å². The fraction of sp³-hybridized carbons (Fsp3) is 0.118. The molecule has 1 heterocycles. The zero-order chi connectivity index (χ0) is 15.9. The fourth-order valence-corrected chi connectivity index (χ4v) is 2.49. The molecule has 2 N–H and O–H groups in total. The van der Waals surface area contributed by atoms with Crippen LogP contribution in [0.5, 0.6) is 17.2 Å². The highest BCUT2D eigenvalue weighted by molar-refractivity contribution is 5.89. The summed E-state index contributed by atoms with van der Waals surface area (Å²) in [5, 5.41) is 19.8. The number of phenols is 2. The zero-order valence-electron chi connectivity index (χ0n) is 12.1. The first kappa shape index (κ1) is 14.0. The smallest absolute Gasteiger partial charge is 0.344 e. The Morgan fingerprint density at radius 3 is 2.41 bits per heavy atom. The molecule has 2 aromatic carbocycles. The maximum Gasteiger partial charge on any atom is 0.344 e. The van der Waals surface area contributed by atoms with Gasteiger partial charge in [-0.25, -0.2) is 4.79 Å². The molecule has 0 spiro atoms. The van der Waals surface area contributed by atoms with Crippen LogP contribution in [0.2, 0.25) is 0 Å². The van der Waals surface area contributed by atoms with E-state index < -0.39 is 5.63 Å². The molecular weight excluding hydrogens is 284 g/mol. The van der Waals surface area contributed by atoms with Gasteiger partial charge in [0, 0.05) is 11.5 Å². The lowest BCUT2D eigenvalue weighted by Gasteiger charge is -2.10. The second-order valence-corrected chi connectivity index (χ2v) is 4.96. The maximum atomic E-state index is 12.3. The van der Waals surface area contributed by atoms with Crippen LogP contribution in [0.3, 0.4) is 0 Å². The number of phenolic OH excluding ortho intramolecular Hbond substituents is 2. The third-order valence-electron chi connectivity index (χ3n) is 3.62. The Balaban J connectivity index is 2.34. The first-order chi connectivity index (χ1) is 10.5. The molecule has 5 nitrogen and oxygen atoms in total. The molecular formula is C17H14O5. The van der Waals surface area contributed by atoms with Gasteiger partial charge in [0.05, 0.1) is 12.7 Å². The molecule has 5 heteroatoms. The van der Waals surface area contributed by atoms with E-state index in [1.165, 1.54) is 25.3 Å². The molecule has 0 aliphatic heterocycles. The molecule has 22 heavy (non-hydrogen) atoms. The summed E-state index contributed by atoms with van der Waals surface area (Å²) in [6, 6.07) is 9.32. The Morgan fingerprint density at radius 2 is 1.77 bits per heavy atom. The number of fused-ring (bicyclic) bond motifs is 1. The quantitative estimate of drug-likeness (QED) is 0.710. The van der Waals surface area contributed by atoms with Gasteiger partial charge in [-0.2, -0.15) is 0 Å². The number of methoxy groups -OCH3 is 1. The van der Waals surface area contributed by atoms with Crippen LogP contribution < -0.4 is 10.4 Å². The molecule has 0 bridgehead atoms. The van der Waals surface area contributed by atoms with Crippen molar-refractivity contribution in [3.05, 3.63) is 52.4 Å². The molecule has 0 aliphatic carbocycles. The Hall–Kier alpha value is -2.95. The number of benzene rings is 2. The van der Waals surface area contributed by atoms with Gasteiger partial charge < -0.3 is 19.4 Å². The van der Waals surface area contributed by atoms with Crippen LogP contribution in [0.15, 0.2) is 45.6 Å². The number of hydrogen-bond acceptors (Lipinski definition) is 5. The molecule has 0 aliphatic rings. The fourth-order valence-electron chi connectivity index (χ4n) is 2.49. The first-order valence-corrected chi connectivity index (χ1v) is 6.65. The lowest BCUT2D eigenvalue weighted by atomic mass is 9.99. The van der Waals surface area contributed by atoms with E-state index in [0.29, 0.717) is 27.8 Å². The van der Waals surface area contributed by atoms with Crippen LogP contribution in [-0.4, -0.2) is 17.3 Å². The second kappa shape index (κ2) is 5.11. The highest BCUT2D eigenvalue weighted by Crippen LogP contribution is 2.34. The summed E-state index contributed by atoms with van der Waals surface area (Å²) < 4.78 is 10.4. The van der Waals surface area contributed by atoms with Gasteiger partial charge in [-0.05, 0) is 36.2 Å². The van der Waals surface area contributed by atoms with E-state index in [1.807, 2.05) is 0 Å². The Kier molecular flexibility index (Phi) is 3.25. The lowest BCUT2D eigenvalue weighted by Crippen LogP contribution is -2.06. The first-order valence-electron chi connectivity index (χ1n) is 6.65. The van der Waals surface area contributed by atoms with Crippen LogP contribution >= 0.6 is 0 Å². The largest absolute Gasteiger partial charge is 0.508 e. The molecule has 0 atom stereocenters. The Morgan fingerprint density at radius 1 is 1.09 bits per heavy atom. The van der Waals surface area contributed by atoms with Crippen molar-refractivity contribution < 1.29 is 19.4 Å². The molecule has 0 unspecified atom stereocenters. The molecule has 3 aromatic rings. The predicted octanol–water partition coefficient (Wildman–Crippen LogP) is 3.19. The van der Waals surface area contributed by atoms with Crippen molar-refractivity contribution in [2.24, 2.45) is 0 Å². The van der Waals surface area contributed by atoms with Gasteiger partial charge in [0.2, 0.25) is 0 Å². The van der Waals surface area contributed by atoms with E-state index in [1.54, 1.807) is 25.1 Å². The molecule has 3 rings (SSSR count). The van der Waals surface area contributed by atoms with E-state index in [9.17, 15) is 15.0 Å². The summed E-state index contributed by atoms with van der Waals surface area (Å²) in [7, 11) is 1.45. The van der Waals surface area contributed by atoms with Gasteiger partial charge in [-0.1, -0.05) is 12.1 Å². The van der Waals surface area contributed by atoms with Crippen LogP contribution in [0.4, 0.5) is 0 Å². The lowest BCUT2D eigenvalue weighted by molar-refractivity contribution is 0.373. The van der Waals surface area contributed by atoms with Crippen molar-refractivity contribution in [1.29, 1.82) is 0 Å². The van der Waals surface area contributed by atoms with E-state index in [4.69, 9.17) is 9.15 Å². The van der Waals surface area contributed by atoms with E-state index in [2.05, 4.69) is 0 Å². The average Bonchev–Trinajstić information content (AvgIpc) is 2.48. The van der Waals surface area contributed by atoms with Gasteiger partial charge in [0.15, 0.2) is 11.5 Å².